The Labute approximate surface area is 95.6 Å². The standard InChI is InChI=1S/C12H16O4/c1-15-11(13)9-7-5-3-4-6-8-10-12(14)16-2/h3,5H,7-10H2,1-2H3. The summed E-state index contributed by atoms with van der Waals surface area (Å²) in [5.41, 5.74) is 0. The first kappa shape index (κ1) is 14.2. The third-order valence-corrected chi connectivity index (χ3v) is 1.73. The number of hydrogen-bond acceptors (Lipinski definition) is 4. The third-order valence-electron chi connectivity index (χ3n) is 1.73. The first-order chi connectivity index (χ1) is 7.70. The van der Waals surface area contributed by atoms with Gasteiger partial charge in [0.15, 0.2) is 0 Å². The second-order valence-corrected chi connectivity index (χ2v) is 2.91. The normalized spacial score (nSPS) is 9.38. The van der Waals surface area contributed by atoms with Crippen LogP contribution in [-0.4, -0.2) is 26.2 Å². The van der Waals surface area contributed by atoms with Gasteiger partial charge in [-0.3, -0.25) is 9.59 Å². The van der Waals surface area contributed by atoms with E-state index in [1.807, 2.05) is 0 Å². The van der Waals surface area contributed by atoms with Crippen LogP contribution in [0.4, 0.5) is 0 Å². The molecule has 88 valence electrons. The molecule has 0 spiro atoms. The zero-order chi connectivity index (χ0) is 12.2. The van der Waals surface area contributed by atoms with Crippen LogP contribution in [0.15, 0.2) is 12.2 Å². The number of methoxy groups -OCH3 is 2. The molecule has 0 aromatic heterocycles. The van der Waals surface area contributed by atoms with Gasteiger partial charge in [0, 0.05) is 12.8 Å². The Morgan fingerprint density at radius 1 is 1.12 bits per heavy atom. The lowest BCUT2D eigenvalue weighted by atomic mass is 10.3. The van der Waals surface area contributed by atoms with Crippen LogP contribution in [0.25, 0.3) is 0 Å². The van der Waals surface area contributed by atoms with Crippen molar-refractivity contribution in [3.8, 4) is 11.8 Å². The third kappa shape index (κ3) is 8.82. The Morgan fingerprint density at radius 2 is 1.75 bits per heavy atom. The lowest BCUT2D eigenvalue weighted by molar-refractivity contribution is -0.141. The molecule has 0 bridgehead atoms. The molecule has 0 fully saturated rings. The van der Waals surface area contributed by atoms with Crippen molar-refractivity contribution in [3.05, 3.63) is 12.2 Å². The Bertz CT molecular complexity index is 307. The smallest absolute Gasteiger partial charge is 0.306 e. The van der Waals surface area contributed by atoms with Crippen molar-refractivity contribution in [2.24, 2.45) is 0 Å². The van der Waals surface area contributed by atoms with Crippen LogP contribution in [0.5, 0.6) is 0 Å². The number of esters is 2. The van der Waals surface area contributed by atoms with Crippen molar-refractivity contribution < 1.29 is 19.1 Å². The van der Waals surface area contributed by atoms with Gasteiger partial charge in [-0.05, 0) is 12.5 Å². The fourth-order valence-corrected chi connectivity index (χ4v) is 0.843. The maximum absolute atomic E-state index is 10.7. The number of carbonyl (C=O) groups excluding carboxylic acids is 2. The average Bonchev–Trinajstić information content (AvgIpc) is 2.31. The summed E-state index contributed by atoms with van der Waals surface area (Å²) < 4.78 is 8.93. The number of ether oxygens (including phenoxy) is 2. The van der Waals surface area contributed by atoms with Gasteiger partial charge in [-0.2, -0.15) is 0 Å². The van der Waals surface area contributed by atoms with E-state index < -0.39 is 0 Å². The summed E-state index contributed by atoms with van der Waals surface area (Å²) in [6.07, 6.45) is 5.21. The topological polar surface area (TPSA) is 52.6 Å². The summed E-state index contributed by atoms with van der Waals surface area (Å²) in [7, 11) is 2.71. The molecule has 0 aliphatic carbocycles. The second-order valence-electron chi connectivity index (χ2n) is 2.91. The first-order valence-electron chi connectivity index (χ1n) is 4.97. The average molecular weight is 224 g/mol. The van der Waals surface area contributed by atoms with E-state index in [0.29, 0.717) is 25.7 Å². The summed E-state index contributed by atoms with van der Waals surface area (Å²) in [6.45, 7) is 0. The lowest BCUT2D eigenvalue weighted by Crippen LogP contribution is -1.98. The predicted octanol–water partition coefficient (Wildman–Crippen LogP) is 1.45. The molecule has 0 N–H and O–H groups in total. The maximum atomic E-state index is 10.7. The molecule has 0 saturated heterocycles. The minimum atomic E-state index is -0.260. The summed E-state index contributed by atoms with van der Waals surface area (Å²) in [5.74, 6) is 5.07. The fraction of sp³-hybridized carbons (Fsp3) is 0.500. The molecular formula is C12H16O4. The zero-order valence-electron chi connectivity index (χ0n) is 9.62. The van der Waals surface area contributed by atoms with Crippen LogP contribution in [0, 0.1) is 11.8 Å². The van der Waals surface area contributed by atoms with E-state index in [1.165, 1.54) is 14.2 Å². The highest BCUT2D eigenvalue weighted by Crippen LogP contribution is 1.93. The minimum Gasteiger partial charge on any atom is -0.469 e. The van der Waals surface area contributed by atoms with Gasteiger partial charge >= 0.3 is 11.9 Å². The van der Waals surface area contributed by atoms with E-state index in [0.717, 1.165) is 0 Å². The molecule has 0 unspecified atom stereocenters. The predicted molar refractivity (Wildman–Crippen MR) is 59.4 cm³/mol. The molecule has 0 heterocycles. The highest BCUT2D eigenvalue weighted by Gasteiger charge is 1.95. The summed E-state index contributed by atoms with van der Waals surface area (Å²) in [6, 6.07) is 0. The second kappa shape index (κ2) is 9.78. The highest BCUT2D eigenvalue weighted by molar-refractivity contribution is 5.69. The van der Waals surface area contributed by atoms with Crippen LogP contribution < -0.4 is 0 Å². The lowest BCUT2D eigenvalue weighted by Gasteiger charge is -1.92. The molecule has 0 saturated carbocycles. The van der Waals surface area contributed by atoms with E-state index in [4.69, 9.17) is 0 Å². The van der Waals surface area contributed by atoms with Gasteiger partial charge < -0.3 is 9.47 Å². The van der Waals surface area contributed by atoms with Crippen molar-refractivity contribution >= 4 is 11.9 Å². The molecule has 4 nitrogen and oxygen atoms in total. The fourth-order valence-electron chi connectivity index (χ4n) is 0.843. The molecule has 0 atom stereocenters. The molecule has 16 heavy (non-hydrogen) atoms. The maximum Gasteiger partial charge on any atom is 0.306 e. The Kier molecular flexibility index (Phi) is 8.71. The monoisotopic (exact) mass is 224 g/mol. The molecule has 0 aromatic carbocycles. The van der Waals surface area contributed by atoms with Crippen LogP contribution in [0.2, 0.25) is 0 Å². The number of carbonyl (C=O) groups is 2. The molecule has 0 rings (SSSR count). The van der Waals surface area contributed by atoms with Crippen molar-refractivity contribution in [2.75, 3.05) is 14.2 Å². The van der Waals surface area contributed by atoms with Gasteiger partial charge in [-0.25, -0.2) is 0 Å². The largest absolute Gasteiger partial charge is 0.469 e. The van der Waals surface area contributed by atoms with Crippen LogP contribution in [-0.2, 0) is 19.1 Å². The number of hydrogen-bond donors (Lipinski definition) is 0. The van der Waals surface area contributed by atoms with Crippen LogP contribution >= 0.6 is 0 Å². The quantitative estimate of drug-likeness (QED) is 0.524. The molecule has 0 aliphatic rings. The molecule has 0 aliphatic heterocycles. The van der Waals surface area contributed by atoms with E-state index in [2.05, 4.69) is 21.3 Å². The molecule has 0 radical (unpaired) electrons. The number of allylic oxidation sites excluding steroid dienone is 2. The SMILES string of the molecule is COC(=O)CCC#CC=CCCC(=O)OC. The zero-order valence-corrected chi connectivity index (χ0v) is 9.62. The van der Waals surface area contributed by atoms with Gasteiger partial charge in [-0.1, -0.05) is 17.9 Å². The molecule has 0 amide bonds. The summed E-state index contributed by atoms with van der Waals surface area (Å²) in [5, 5.41) is 0. The first-order valence-corrected chi connectivity index (χ1v) is 4.97. The van der Waals surface area contributed by atoms with Gasteiger partial charge in [0.1, 0.15) is 0 Å². The number of rotatable bonds is 5. The molecular weight excluding hydrogens is 208 g/mol. The summed E-state index contributed by atoms with van der Waals surface area (Å²) in [4.78, 5) is 21.4. The van der Waals surface area contributed by atoms with Gasteiger partial charge in [0.2, 0.25) is 0 Å². The van der Waals surface area contributed by atoms with E-state index >= 15 is 0 Å². The summed E-state index contributed by atoms with van der Waals surface area (Å²) >= 11 is 0. The van der Waals surface area contributed by atoms with Gasteiger partial charge in [0.05, 0.1) is 20.6 Å². The highest BCUT2D eigenvalue weighted by atomic mass is 16.5. The molecule has 4 heteroatoms. The van der Waals surface area contributed by atoms with E-state index in [1.54, 1.807) is 12.2 Å². The van der Waals surface area contributed by atoms with Crippen molar-refractivity contribution in [1.29, 1.82) is 0 Å². The van der Waals surface area contributed by atoms with E-state index in [9.17, 15) is 9.59 Å². The Morgan fingerprint density at radius 3 is 2.38 bits per heavy atom. The van der Waals surface area contributed by atoms with Gasteiger partial charge in [-0.15, -0.1) is 0 Å². The molecule has 0 aromatic rings. The minimum absolute atomic E-state index is 0.233. The van der Waals surface area contributed by atoms with Crippen molar-refractivity contribution in [1.82, 2.24) is 0 Å². The van der Waals surface area contributed by atoms with Crippen molar-refractivity contribution in [2.45, 2.75) is 25.7 Å². The Hall–Kier alpha value is -1.76. The van der Waals surface area contributed by atoms with E-state index in [-0.39, 0.29) is 11.9 Å². The van der Waals surface area contributed by atoms with Gasteiger partial charge in [0.25, 0.3) is 0 Å². The Balaban J connectivity index is 3.56. The van der Waals surface area contributed by atoms with Crippen LogP contribution in [0.1, 0.15) is 25.7 Å². The van der Waals surface area contributed by atoms with Crippen molar-refractivity contribution in [3.63, 3.8) is 0 Å². The van der Waals surface area contributed by atoms with Crippen LogP contribution in [0.3, 0.4) is 0 Å².